The SMILES string of the molecule is O=C(c1ccc(NS(=O)(=O)c2cccc3nonc23)cc1)N1CCC(O)(Cc2ccccc2)CC1. The number of rotatable bonds is 6. The molecule has 0 aliphatic carbocycles. The molecular formula is C25H24N4O5S. The summed E-state index contributed by atoms with van der Waals surface area (Å²) in [5, 5.41) is 18.3. The second kappa shape index (κ2) is 9.12. The Balaban J connectivity index is 1.23. The molecule has 35 heavy (non-hydrogen) atoms. The van der Waals surface area contributed by atoms with Crippen LogP contribution in [-0.4, -0.2) is 53.3 Å². The highest BCUT2D eigenvalue weighted by Gasteiger charge is 2.34. The average molecular weight is 493 g/mol. The second-order valence-electron chi connectivity index (χ2n) is 8.75. The number of anilines is 1. The van der Waals surface area contributed by atoms with Crippen LogP contribution in [0.25, 0.3) is 11.0 Å². The van der Waals surface area contributed by atoms with E-state index >= 15 is 0 Å². The maximum Gasteiger partial charge on any atom is 0.264 e. The number of amides is 1. The van der Waals surface area contributed by atoms with Gasteiger partial charge in [-0.05, 0) is 65.1 Å². The molecule has 5 rings (SSSR count). The number of likely N-dealkylation sites (tertiary alicyclic amines) is 1. The predicted molar refractivity (Wildman–Crippen MR) is 129 cm³/mol. The van der Waals surface area contributed by atoms with Crippen LogP contribution in [0.4, 0.5) is 5.69 Å². The number of aromatic nitrogens is 2. The van der Waals surface area contributed by atoms with Gasteiger partial charge in [0.2, 0.25) is 0 Å². The zero-order chi connectivity index (χ0) is 24.5. The number of carbonyl (C=O) groups is 1. The van der Waals surface area contributed by atoms with Crippen molar-refractivity contribution in [3.63, 3.8) is 0 Å². The summed E-state index contributed by atoms with van der Waals surface area (Å²) >= 11 is 0. The second-order valence-corrected chi connectivity index (χ2v) is 10.4. The molecule has 0 bridgehead atoms. The summed E-state index contributed by atoms with van der Waals surface area (Å²) in [7, 11) is -3.94. The molecule has 1 saturated heterocycles. The van der Waals surface area contributed by atoms with E-state index in [1.807, 2.05) is 30.3 Å². The molecule has 1 amide bonds. The molecule has 10 heteroatoms. The molecule has 0 atom stereocenters. The topological polar surface area (TPSA) is 126 Å². The summed E-state index contributed by atoms with van der Waals surface area (Å²) in [6.45, 7) is 0.901. The standard InChI is InChI=1S/C25H24N4O5S/c30-24(29-15-13-25(31,14-16-29)17-18-5-2-1-3-6-18)19-9-11-20(12-10-19)28-35(32,33)22-8-4-7-21-23(22)27-34-26-21/h1-12,28,31H,13-17H2. The molecule has 4 aromatic rings. The highest BCUT2D eigenvalue weighted by Crippen LogP contribution is 2.28. The normalized spacial score (nSPS) is 15.7. The molecule has 2 heterocycles. The number of nitrogens with zero attached hydrogens (tertiary/aromatic N) is 3. The summed E-state index contributed by atoms with van der Waals surface area (Å²) in [4.78, 5) is 14.7. The van der Waals surface area contributed by atoms with Crippen LogP contribution in [0.5, 0.6) is 0 Å². The Bertz CT molecular complexity index is 1440. The number of piperidine rings is 1. The highest BCUT2D eigenvalue weighted by atomic mass is 32.2. The Morgan fingerprint density at radius 2 is 1.69 bits per heavy atom. The summed E-state index contributed by atoms with van der Waals surface area (Å²) in [6.07, 6.45) is 1.55. The zero-order valence-electron chi connectivity index (χ0n) is 18.8. The molecule has 3 aromatic carbocycles. The largest absolute Gasteiger partial charge is 0.389 e. The first-order valence-electron chi connectivity index (χ1n) is 11.2. The van der Waals surface area contributed by atoms with E-state index in [2.05, 4.69) is 19.7 Å². The van der Waals surface area contributed by atoms with Crippen LogP contribution < -0.4 is 4.72 Å². The van der Waals surface area contributed by atoms with Gasteiger partial charge in [-0.1, -0.05) is 36.4 Å². The maximum absolute atomic E-state index is 13.0. The number of nitrogens with one attached hydrogen (secondary N) is 1. The van der Waals surface area contributed by atoms with E-state index in [4.69, 9.17) is 0 Å². The van der Waals surface area contributed by atoms with Gasteiger partial charge in [-0.15, -0.1) is 0 Å². The summed E-state index contributed by atoms with van der Waals surface area (Å²) in [5.41, 5.74) is 1.48. The van der Waals surface area contributed by atoms with E-state index in [0.717, 1.165) is 5.56 Å². The minimum absolute atomic E-state index is 0.0484. The van der Waals surface area contributed by atoms with Crippen molar-refractivity contribution in [1.82, 2.24) is 15.2 Å². The predicted octanol–water partition coefficient (Wildman–Crippen LogP) is 3.23. The van der Waals surface area contributed by atoms with Crippen LogP contribution in [0.1, 0.15) is 28.8 Å². The van der Waals surface area contributed by atoms with Crippen LogP contribution in [-0.2, 0) is 16.4 Å². The molecule has 9 nitrogen and oxygen atoms in total. The van der Waals surface area contributed by atoms with Gasteiger partial charge in [-0.3, -0.25) is 9.52 Å². The number of benzene rings is 3. The molecule has 1 aliphatic rings. The van der Waals surface area contributed by atoms with Gasteiger partial charge in [0.15, 0.2) is 5.52 Å². The van der Waals surface area contributed by atoms with Gasteiger partial charge in [-0.2, -0.15) is 0 Å². The molecule has 0 radical (unpaired) electrons. The molecule has 2 N–H and O–H groups in total. The van der Waals surface area contributed by atoms with Gasteiger partial charge in [0.25, 0.3) is 15.9 Å². The first-order chi connectivity index (χ1) is 16.8. The molecule has 0 saturated carbocycles. The van der Waals surface area contributed by atoms with E-state index in [0.29, 0.717) is 49.1 Å². The molecule has 1 aromatic heterocycles. The van der Waals surface area contributed by atoms with Crippen molar-refractivity contribution in [1.29, 1.82) is 0 Å². The third-order valence-corrected chi connectivity index (χ3v) is 7.69. The minimum Gasteiger partial charge on any atom is -0.389 e. The van der Waals surface area contributed by atoms with Gasteiger partial charge in [-0.25, -0.2) is 13.0 Å². The number of carbonyl (C=O) groups excluding carboxylic acids is 1. The van der Waals surface area contributed by atoms with Crippen LogP contribution in [0.2, 0.25) is 0 Å². The van der Waals surface area contributed by atoms with Gasteiger partial charge in [0.05, 0.1) is 5.60 Å². The van der Waals surface area contributed by atoms with Gasteiger partial charge in [0.1, 0.15) is 10.4 Å². The van der Waals surface area contributed by atoms with Gasteiger partial charge in [0, 0.05) is 30.8 Å². The van der Waals surface area contributed by atoms with Crippen LogP contribution in [0.3, 0.4) is 0 Å². The average Bonchev–Trinajstić information content (AvgIpc) is 3.34. The number of hydrogen-bond acceptors (Lipinski definition) is 7. The summed E-state index contributed by atoms with van der Waals surface area (Å²) < 4.78 is 32.8. The van der Waals surface area contributed by atoms with Crippen molar-refractivity contribution in [3.8, 4) is 0 Å². The van der Waals surface area contributed by atoms with E-state index < -0.39 is 15.6 Å². The zero-order valence-corrected chi connectivity index (χ0v) is 19.6. The van der Waals surface area contributed by atoms with E-state index in [-0.39, 0.29) is 16.3 Å². The fourth-order valence-electron chi connectivity index (χ4n) is 4.35. The van der Waals surface area contributed by atoms with Crippen LogP contribution in [0.15, 0.2) is 82.3 Å². The number of hydrogen-bond donors (Lipinski definition) is 2. The number of fused-ring (bicyclic) bond motifs is 1. The Labute approximate surface area is 202 Å². The van der Waals surface area contributed by atoms with Crippen molar-refractivity contribution in [2.24, 2.45) is 0 Å². The lowest BCUT2D eigenvalue weighted by Gasteiger charge is -2.38. The third kappa shape index (κ3) is 4.89. The van der Waals surface area contributed by atoms with Gasteiger partial charge >= 0.3 is 0 Å². The van der Waals surface area contributed by atoms with E-state index in [1.165, 1.54) is 6.07 Å². The quantitative estimate of drug-likeness (QED) is 0.423. The smallest absolute Gasteiger partial charge is 0.264 e. The first kappa shape index (κ1) is 23.0. The lowest BCUT2D eigenvalue weighted by atomic mass is 9.85. The minimum atomic E-state index is -3.94. The lowest BCUT2D eigenvalue weighted by molar-refractivity contribution is -0.0162. The molecule has 180 valence electrons. The van der Waals surface area contributed by atoms with Gasteiger partial charge < -0.3 is 10.0 Å². The molecule has 1 aliphatic heterocycles. The van der Waals surface area contributed by atoms with E-state index in [1.54, 1.807) is 41.3 Å². The maximum atomic E-state index is 13.0. The molecule has 0 unspecified atom stereocenters. The van der Waals surface area contributed by atoms with Crippen LogP contribution >= 0.6 is 0 Å². The monoisotopic (exact) mass is 492 g/mol. The first-order valence-corrected chi connectivity index (χ1v) is 12.7. The van der Waals surface area contributed by atoms with Crippen LogP contribution in [0, 0.1) is 0 Å². The van der Waals surface area contributed by atoms with Crippen molar-refractivity contribution >= 4 is 32.7 Å². The Morgan fingerprint density at radius 3 is 2.40 bits per heavy atom. The Morgan fingerprint density at radius 1 is 0.971 bits per heavy atom. The van der Waals surface area contributed by atoms with Crippen molar-refractivity contribution in [3.05, 3.63) is 83.9 Å². The number of sulfonamides is 1. The van der Waals surface area contributed by atoms with E-state index in [9.17, 15) is 18.3 Å². The molecule has 0 spiro atoms. The fourth-order valence-corrected chi connectivity index (χ4v) is 5.56. The van der Waals surface area contributed by atoms with Crippen molar-refractivity contribution in [2.45, 2.75) is 29.8 Å². The third-order valence-electron chi connectivity index (χ3n) is 6.28. The molecular weight excluding hydrogens is 468 g/mol. The highest BCUT2D eigenvalue weighted by molar-refractivity contribution is 7.93. The summed E-state index contributed by atoms with van der Waals surface area (Å²) in [5.74, 6) is -0.153. The molecule has 1 fully saturated rings. The fraction of sp³-hybridized carbons (Fsp3) is 0.240. The van der Waals surface area contributed by atoms with Crippen molar-refractivity contribution < 1.29 is 22.9 Å². The summed E-state index contributed by atoms with van der Waals surface area (Å²) in [6, 6.07) is 20.7. The Hall–Kier alpha value is -3.76. The lowest BCUT2D eigenvalue weighted by Crippen LogP contribution is -2.47. The van der Waals surface area contributed by atoms with Crippen molar-refractivity contribution in [2.75, 3.05) is 17.8 Å². The number of aliphatic hydroxyl groups is 1. The Kier molecular flexibility index (Phi) is 6.00.